The van der Waals surface area contributed by atoms with Crippen LogP contribution >= 0.6 is 0 Å². The van der Waals surface area contributed by atoms with Crippen LogP contribution in [0.5, 0.6) is 0 Å². The van der Waals surface area contributed by atoms with Crippen molar-refractivity contribution < 1.29 is 9.90 Å². The summed E-state index contributed by atoms with van der Waals surface area (Å²) in [5.74, 6) is -0.730. The van der Waals surface area contributed by atoms with E-state index in [0.717, 1.165) is 13.1 Å². The van der Waals surface area contributed by atoms with Crippen LogP contribution in [0.15, 0.2) is 0 Å². The molecule has 4 heteroatoms. The molecule has 2 unspecified atom stereocenters. The third-order valence-electron chi connectivity index (χ3n) is 3.39. The molecule has 1 aliphatic rings. The van der Waals surface area contributed by atoms with Crippen LogP contribution in [0.3, 0.4) is 0 Å². The highest BCUT2D eigenvalue weighted by Crippen LogP contribution is 2.16. The fourth-order valence-electron chi connectivity index (χ4n) is 2.34. The van der Waals surface area contributed by atoms with Gasteiger partial charge in [-0.15, -0.1) is 0 Å². The maximum atomic E-state index is 11.0. The topological polar surface area (TPSA) is 52.6 Å². The van der Waals surface area contributed by atoms with Gasteiger partial charge in [-0.1, -0.05) is 13.3 Å². The summed E-state index contributed by atoms with van der Waals surface area (Å²) in [6.45, 7) is 6.92. The number of hydrogen-bond acceptors (Lipinski definition) is 3. The van der Waals surface area contributed by atoms with Crippen LogP contribution in [-0.4, -0.2) is 47.7 Å². The minimum absolute atomic E-state index is 0.390. The molecule has 0 radical (unpaired) electrons. The van der Waals surface area contributed by atoms with Crippen molar-refractivity contribution in [1.29, 1.82) is 0 Å². The van der Waals surface area contributed by atoms with Crippen LogP contribution in [0, 0.1) is 0 Å². The molecule has 1 rings (SSSR count). The van der Waals surface area contributed by atoms with Crippen LogP contribution in [0.2, 0.25) is 0 Å². The Balaban J connectivity index is 2.32. The van der Waals surface area contributed by atoms with Crippen LogP contribution in [-0.2, 0) is 4.79 Å². The van der Waals surface area contributed by atoms with Gasteiger partial charge in [0, 0.05) is 12.6 Å². The average molecular weight is 228 g/mol. The molecule has 2 N–H and O–H groups in total. The SMILES string of the molecule is CCNC(CCN1CCCCC1C)C(=O)O. The van der Waals surface area contributed by atoms with Gasteiger partial charge >= 0.3 is 5.97 Å². The van der Waals surface area contributed by atoms with E-state index in [-0.39, 0.29) is 6.04 Å². The number of hydrogen-bond donors (Lipinski definition) is 2. The maximum Gasteiger partial charge on any atom is 0.320 e. The lowest BCUT2D eigenvalue weighted by Gasteiger charge is -2.33. The molecule has 1 aliphatic heterocycles. The van der Waals surface area contributed by atoms with E-state index < -0.39 is 5.97 Å². The highest BCUT2D eigenvalue weighted by molar-refractivity contribution is 5.73. The Kier molecular flexibility index (Phi) is 5.77. The number of nitrogens with zero attached hydrogens (tertiary/aromatic N) is 1. The molecule has 0 spiro atoms. The van der Waals surface area contributed by atoms with E-state index in [1.165, 1.54) is 19.3 Å². The molecule has 0 amide bonds. The van der Waals surface area contributed by atoms with Crippen molar-refractivity contribution in [2.45, 2.75) is 51.6 Å². The Labute approximate surface area is 98.0 Å². The average Bonchev–Trinajstić information content (AvgIpc) is 2.26. The largest absolute Gasteiger partial charge is 0.480 e. The highest BCUT2D eigenvalue weighted by atomic mass is 16.4. The van der Waals surface area contributed by atoms with Crippen molar-refractivity contribution in [3.8, 4) is 0 Å². The molecule has 0 aromatic heterocycles. The molecule has 0 saturated carbocycles. The third kappa shape index (κ3) is 4.10. The molecule has 4 nitrogen and oxygen atoms in total. The minimum atomic E-state index is -0.730. The number of likely N-dealkylation sites (N-methyl/N-ethyl adjacent to an activating group) is 1. The van der Waals surface area contributed by atoms with E-state index in [2.05, 4.69) is 17.1 Å². The van der Waals surface area contributed by atoms with Crippen molar-refractivity contribution in [1.82, 2.24) is 10.2 Å². The first-order valence-corrected chi connectivity index (χ1v) is 6.35. The second-order valence-corrected chi connectivity index (χ2v) is 4.62. The number of nitrogens with one attached hydrogen (secondary N) is 1. The predicted octanol–water partition coefficient (Wildman–Crippen LogP) is 1.31. The summed E-state index contributed by atoms with van der Waals surface area (Å²) in [6, 6.07) is 0.226. The van der Waals surface area contributed by atoms with Gasteiger partial charge < -0.3 is 15.3 Å². The summed E-state index contributed by atoms with van der Waals surface area (Å²) >= 11 is 0. The second kappa shape index (κ2) is 6.86. The van der Waals surface area contributed by atoms with Crippen molar-refractivity contribution in [3.05, 3.63) is 0 Å². The first-order chi connectivity index (χ1) is 7.65. The van der Waals surface area contributed by atoms with Crippen LogP contribution in [0.4, 0.5) is 0 Å². The quantitative estimate of drug-likeness (QED) is 0.720. The summed E-state index contributed by atoms with van der Waals surface area (Å²) < 4.78 is 0. The minimum Gasteiger partial charge on any atom is -0.480 e. The number of carbonyl (C=O) groups is 1. The summed E-state index contributed by atoms with van der Waals surface area (Å²) in [6.07, 6.45) is 4.52. The number of likely N-dealkylation sites (tertiary alicyclic amines) is 1. The zero-order valence-electron chi connectivity index (χ0n) is 10.4. The summed E-state index contributed by atoms with van der Waals surface area (Å²) in [4.78, 5) is 13.4. The Morgan fingerprint density at radius 3 is 2.88 bits per heavy atom. The molecule has 0 aliphatic carbocycles. The molecule has 0 aromatic carbocycles. The number of carboxylic acids is 1. The maximum absolute atomic E-state index is 11.0. The summed E-state index contributed by atoms with van der Waals surface area (Å²) in [5.41, 5.74) is 0. The Morgan fingerprint density at radius 1 is 1.56 bits per heavy atom. The van der Waals surface area contributed by atoms with Crippen molar-refractivity contribution in [2.75, 3.05) is 19.6 Å². The van der Waals surface area contributed by atoms with E-state index in [0.29, 0.717) is 19.0 Å². The third-order valence-corrected chi connectivity index (χ3v) is 3.39. The van der Waals surface area contributed by atoms with E-state index >= 15 is 0 Å². The number of piperidine rings is 1. The summed E-state index contributed by atoms with van der Waals surface area (Å²) in [5, 5.41) is 12.0. The lowest BCUT2D eigenvalue weighted by atomic mass is 10.0. The summed E-state index contributed by atoms with van der Waals surface area (Å²) in [7, 11) is 0. The Hall–Kier alpha value is -0.610. The molecule has 1 fully saturated rings. The van der Waals surface area contributed by atoms with Gasteiger partial charge in [-0.25, -0.2) is 0 Å². The monoisotopic (exact) mass is 228 g/mol. The predicted molar refractivity (Wildman–Crippen MR) is 64.6 cm³/mol. The molecule has 1 heterocycles. The normalized spacial score (nSPS) is 24.2. The van der Waals surface area contributed by atoms with Gasteiger partial charge in [-0.2, -0.15) is 0 Å². The molecule has 0 bridgehead atoms. The lowest BCUT2D eigenvalue weighted by Crippen LogP contribution is -2.43. The molecule has 16 heavy (non-hydrogen) atoms. The first-order valence-electron chi connectivity index (χ1n) is 6.35. The van der Waals surface area contributed by atoms with E-state index in [1.807, 2.05) is 6.92 Å². The van der Waals surface area contributed by atoms with Crippen molar-refractivity contribution in [3.63, 3.8) is 0 Å². The fourth-order valence-corrected chi connectivity index (χ4v) is 2.34. The standard InChI is InChI=1S/C12H24N2O2/c1-3-13-11(12(15)16)7-9-14-8-5-4-6-10(14)2/h10-11,13H,3-9H2,1-2H3,(H,15,16). The lowest BCUT2D eigenvalue weighted by molar-refractivity contribution is -0.139. The van der Waals surface area contributed by atoms with Gasteiger partial charge in [0.05, 0.1) is 0 Å². The van der Waals surface area contributed by atoms with Gasteiger partial charge in [-0.3, -0.25) is 4.79 Å². The van der Waals surface area contributed by atoms with Gasteiger partial charge in [-0.05, 0) is 39.3 Å². The molecule has 2 atom stereocenters. The Bertz CT molecular complexity index is 221. The second-order valence-electron chi connectivity index (χ2n) is 4.62. The smallest absolute Gasteiger partial charge is 0.320 e. The molecule has 94 valence electrons. The zero-order valence-corrected chi connectivity index (χ0v) is 10.4. The van der Waals surface area contributed by atoms with Gasteiger partial charge in [0.2, 0.25) is 0 Å². The molecular formula is C12H24N2O2. The first kappa shape index (κ1) is 13.5. The number of aliphatic carboxylic acids is 1. The van der Waals surface area contributed by atoms with E-state index in [1.54, 1.807) is 0 Å². The van der Waals surface area contributed by atoms with Crippen molar-refractivity contribution in [2.24, 2.45) is 0 Å². The fraction of sp³-hybridized carbons (Fsp3) is 0.917. The van der Waals surface area contributed by atoms with E-state index in [4.69, 9.17) is 5.11 Å². The van der Waals surface area contributed by atoms with Gasteiger partial charge in [0.15, 0.2) is 0 Å². The molecule has 0 aromatic rings. The molecular weight excluding hydrogens is 204 g/mol. The van der Waals surface area contributed by atoms with Crippen LogP contribution in [0.1, 0.15) is 39.5 Å². The zero-order chi connectivity index (χ0) is 12.0. The molecule has 1 saturated heterocycles. The van der Waals surface area contributed by atoms with Gasteiger partial charge in [0.25, 0.3) is 0 Å². The highest BCUT2D eigenvalue weighted by Gasteiger charge is 2.21. The van der Waals surface area contributed by atoms with E-state index in [9.17, 15) is 4.79 Å². The number of rotatable bonds is 6. The van der Waals surface area contributed by atoms with Crippen LogP contribution < -0.4 is 5.32 Å². The number of carboxylic acid groups (broad SMARTS) is 1. The van der Waals surface area contributed by atoms with Gasteiger partial charge in [0.1, 0.15) is 6.04 Å². The Morgan fingerprint density at radius 2 is 2.31 bits per heavy atom. The van der Waals surface area contributed by atoms with Crippen molar-refractivity contribution >= 4 is 5.97 Å². The van der Waals surface area contributed by atoms with Crippen LogP contribution in [0.25, 0.3) is 0 Å².